The second-order valence-electron chi connectivity index (χ2n) is 3.35. The lowest BCUT2D eigenvalue weighted by molar-refractivity contribution is 0.747. The molecule has 0 aliphatic carbocycles. The molecule has 0 radical (unpaired) electrons. The fraction of sp³-hybridized carbons (Fsp3) is 0.357. The van der Waals surface area contributed by atoms with E-state index < -0.39 is 0 Å². The molecule has 0 N–H and O–H groups in total. The Kier molecular flexibility index (Phi) is 5.34. The maximum absolute atomic E-state index is 4.15. The van der Waals surface area contributed by atoms with Crippen LogP contribution in [0.1, 0.15) is 32.0 Å². The number of rotatable bonds is 3. The molecule has 0 aliphatic heterocycles. The van der Waals surface area contributed by atoms with Crippen molar-refractivity contribution in [3.8, 4) is 0 Å². The molecule has 2 aromatic rings. The van der Waals surface area contributed by atoms with Gasteiger partial charge < -0.3 is 4.57 Å². The SMILES string of the molecule is CC.CCc1cncn1Cc1ccccc1. The number of aryl methyl sites for hydroxylation is 1. The van der Waals surface area contributed by atoms with E-state index in [2.05, 4.69) is 40.7 Å². The third kappa shape index (κ3) is 3.23. The van der Waals surface area contributed by atoms with Gasteiger partial charge in [-0.25, -0.2) is 4.98 Å². The topological polar surface area (TPSA) is 17.8 Å². The highest BCUT2D eigenvalue weighted by Gasteiger charge is 1.99. The third-order valence-electron chi connectivity index (χ3n) is 2.36. The molecule has 0 saturated carbocycles. The van der Waals surface area contributed by atoms with Crippen molar-refractivity contribution in [1.82, 2.24) is 9.55 Å². The Bertz CT molecular complexity index is 390. The molecule has 0 bridgehead atoms. The summed E-state index contributed by atoms with van der Waals surface area (Å²) in [6, 6.07) is 10.5. The lowest BCUT2D eigenvalue weighted by atomic mass is 10.2. The fourth-order valence-corrected chi connectivity index (χ4v) is 1.57. The van der Waals surface area contributed by atoms with Gasteiger partial charge in [-0.1, -0.05) is 51.1 Å². The molecular weight excluding hydrogens is 196 g/mol. The van der Waals surface area contributed by atoms with E-state index in [1.54, 1.807) is 0 Å². The van der Waals surface area contributed by atoms with Gasteiger partial charge in [-0.05, 0) is 12.0 Å². The second-order valence-corrected chi connectivity index (χ2v) is 3.35. The van der Waals surface area contributed by atoms with Gasteiger partial charge >= 0.3 is 0 Å². The Morgan fingerprint density at radius 1 is 1.12 bits per heavy atom. The lowest BCUT2D eigenvalue weighted by Crippen LogP contribution is -2.01. The third-order valence-corrected chi connectivity index (χ3v) is 2.36. The molecule has 0 unspecified atom stereocenters. The molecule has 0 spiro atoms. The van der Waals surface area contributed by atoms with Gasteiger partial charge in [0.2, 0.25) is 0 Å². The van der Waals surface area contributed by atoms with Gasteiger partial charge in [-0.3, -0.25) is 0 Å². The molecule has 2 heteroatoms. The van der Waals surface area contributed by atoms with Crippen LogP contribution in [0.2, 0.25) is 0 Å². The summed E-state index contributed by atoms with van der Waals surface area (Å²) in [7, 11) is 0. The van der Waals surface area contributed by atoms with Crippen LogP contribution < -0.4 is 0 Å². The molecule has 1 aromatic heterocycles. The first-order chi connectivity index (χ1) is 7.90. The molecule has 2 nitrogen and oxygen atoms in total. The molecule has 0 amide bonds. The zero-order valence-electron chi connectivity index (χ0n) is 10.4. The fourth-order valence-electron chi connectivity index (χ4n) is 1.57. The first-order valence-corrected chi connectivity index (χ1v) is 5.93. The van der Waals surface area contributed by atoms with E-state index in [9.17, 15) is 0 Å². The van der Waals surface area contributed by atoms with E-state index in [1.807, 2.05) is 32.4 Å². The van der Waals surface area contributed by atoms with Crippen LogP contribution in [0.25, 0.3) is 0 Å². The molecule has 1 aromatic carbocycles. The van der Waals surface area contributed by atoms with Crippen LogP contribution in [0, 0.1) is 0 Å². The first kappa shape index (κ1) is 12.5. The summed E-state index contributed by atoms with van der Waals surface area (Å²) in [5.41, 5.74) is 2.61. The zero-order chi connectivity index (χ0) is 11.8. The van der Waals surface area contributed by atoms with E-state index in [0.29, 0.717) is 0 Å². The van der Waals surface area contributed by atoms with Gasteiger partial charge in [-0.2, -0.15) is 0 Å². The minimum Gasteiger partial charge on any atom is -0.330 e. The Morgan fingerprint density at radius 3 is 2.44 bits per heavy atom. The summed E-state index contributed by atoms with van der Waals surface area (Å²) in [5.74, 6) is 0. The highest BCUT2D eigenvalue weighted by molar-refractivity contribution is 5.16. The minimum absolute atomic E-state index is 0.921. The quantitative estimate of drug-likeness (QED) is 0.767. The van der Waals surface area contributed by atoms with Crippen LogP contribution in [-0.4, -0.2) is 9.55 Å². The van der Waals surface area contributed by atoms with E-state index in [0.717, 1.165) is 13.0 Å². The predicted octanol–water partition coefficient (Wildman–Crippen LogP) is 3.52. The Hall–Kier alpha value is -1.57. The van der Waals surface area contributed by atoms with Crippen molar-refractivity contribution in [1.29, 1.82) is 0 Å². The van der Waals surface area contributed by atoms with Crippen LogP contribution in [0.5, 0.6) is 0 Å². The molecule has 16 heavy (non-hydrogen) atoms. The van der Waals surface area contributed by atoms with Crippen molar-refractivity contribution in [3.63, 3.8) is 0 Å². The molecule has 0 fully saturated rings. The van der Waals surface area contributed by atoms with Gasteiger partial charge in [0.1, 0.15) is 0 Å². The lowest BCUT2D eigenvalue weighted by Gasteiger charge is -2.05. The molecule has 86 valence electrons. The van der Waals surface area contributed by atoms with Crippen molar-refractivity contribution < 1.29 is 0 Å². The summed E-state index contributed by atoms with van der Waals surface area (Å²) >= 11 is 0. The number of benzene rings is 1. The molecular formula is C14H20N2. The highest BCUT2D eigenvalue weighted by Crippen LogP contribution is 2.06. The maximum Gasteiger partial charge on any atom is 0.0951 e. The molecule has 0 atom stereocenters. The largest absolute Gasteiger partial charge is 0.330 e. The van der Waals surface area contributed by atoms with Crippen LogP contribution in [0.4, 0.5) is 0 Å². The average molecular weight is 216 g/mol. The Balaban J connectivity index is 0.000000606. The highest BCUT2D eigenvalue weighted by atomic mass is 15.0. The molecule has 0 aliphatic rings. The number of hydrogen-bond acceptors (Lipinski definition) is 1. The van der Waals surface area contributed by atoms with E-state index in [1.165, 1.54) is 11.3 Å². The smallest absolute Gasteiger partial charge is 0.0951 e. The predicted molar refractivity (Wildman–Crippen MR) is 68.5 cm³/mol. The second kappa shape index (κ2) is 6.83. The molecule has 0 saturated heterocycles. The monoisotopic (exact) mass is 216 g/mol. The van der Waals surface area contributed by atoms with E-state index in [-0.39, 0.29) is 0 Å². The maximum atomic E-state index is 4.15. The van der Waals surface area contributed by atoms with Crippen molar-refractivity contribution in [2.45, 2.75) is 33.7 Å². The summed E-state index contributed by atoms with van der Waals surface area (Å²) < 4.78 is 2.19. The van der Waals surface area contributed by atoms with Crippen molar-refractivity contribution in [2.24, 2.45) is 0 Å². The summed E-state index contributed by atoms with van der Waals surface area (Å²) in [6.45, 7) is 7.07. The standard InChI is InChI=1S/C12H14N2.C2H6/c1-2-12-8-13-10-14(12)9-11-6-4-3-5-7-11;1-2/h3-8,10H,2,9H2,1H3;1-2H3. The number of nitrogens with zero attached hydrogens (tertiary/aromatic N) is 2. The number of hydrogen-bond donors (Lipinski definition) is 0. The summed E-state index contributed by atoms with van der Waals surface area (Å²) in [5, 5.41) is 0. The molecule has 2 rings (SSSR count). The van der Waals surface area contributed by atoms with Crippen LogP contribution in [0.3, 0.4) is 0 Å². The van der Waals surface area contributed by atoms with E-state index in [4.69, 9.17) is 0 Å². The molecule has 1 heterocycles. The van der Waals surface area contributed by atoms with Crippen LogP contribution >= 0.6 is 0 Å². The minimum atomic E-state index is 0.921. The normalized spacial score (nSPS) is 9.44. The van der Waals surface area contributed by atoms with Crippen LogP contribution in [0.15, 0.2) is 42.9 Å². The Labute approximate surface area is 98.0 Å². The van der Waals surface area contributed by atoms with Crippen molar-refractivity contribution in [3.05, 3.63) is 54.1 Å². The first-order valence-electron chi connectivity index (χ1n) is 5.93. The zero-order valence-corrected chi connectivity index (χ0v) is 10.4. The van der Waals surface area contributed by atoms with Crippen LogP contribution in [-0.2, 0) is 13.0 Å². The van der Waals surface area contributed by atoms with Gasteiger partial charge in [-0.15, -0.1) is 0 Å². The van der Waals surface area contributed by atoms with Gasteiger partial charge in [0, 0.05) is 18.4 Å². The van der Waals surface area contributed by atoms with Crippen molar-refractivity contribution >= 4 is 0 Å². The number of aromatic nitrogens is 2. The average Bonchev–Trinajstić information content (AvgIpc) is 2.80. The van der Waals surface area contributed by atoms with E-state index >= 15 is 0 Å². The van der Waals surface area contributed by atoms with Gasteiger partial charge in [0.15, 0.2) is 0 Å². The van der Waals surface area contributed by atoms with Gasteiger partial charge in [0.25, 0.3) is 0 Å². The summed E-state index contributed by atoms with van der Waals surface area (Å²) in [6.07, 6.45) is 4.86. The summed E-state index contributed by atoms with van der Waals surface area (Å²) in [4.78, 5) is 4.15. The Morgan fingerprint density at radius 2 is 1.81 bits per heavy atom. The van der Waals surface area contributed by atoms with Crippen molar-refractivity contribution in [2.75, 3.05) is 0 Å². The van der Waals surface area contributed by atoms with Gasteiger partial charge in [0.05, 0.1) is 6.33 Å². The number of imidazole rings is 1.